The summed E-state index contributed by atoms with van der Waals surface area (Å²) in [6, 6.07) is -0.813. The predicted octanol–water partition coefficient (Wildman–Crippen LogP) is -1.64. The van der Waals surface area contributed by atoms with E-state index in [0.717, 1.165) is 0 Å². The van der Waals surface area contributed by atoms with Gasteiger partial charge in [-0.25, -0.2) is 0 Å². The largest absolute Gasteiger partial charge is 1.00 e. The van der Waals surface area contributed by atoms with Gasteiger partial charge in [0.2, 0.25) is 6.04 Å². The average molecular weight is 213 g/mol. The molecule has 0 aliphatic heterocycles. The van der Waals surface area contributed by atoms with E-state index in [1.54, 1.807) is 0 Å². The van der Waals surface area contributed by atoms with E-state index < -0.39 is 16.9 Å². The summed E-state index contributed by atoms with van der Waals surface area (Å²) in [5, 5.41) is 10.5. The summed E-state index contributed by atoms with van der Waals surface area (Å²) in [5.74, 6) is -0.317. The first-order chi connectivity index (χ1) is 5.97. The molecule has 0 aliphatic rings. The zero-order valence-corrected chi connectivity index (χ0v) is 11.1. The van der Waals surface area contributed by atoms with Crippen molar-refractivity contribution in [3.63, 3.8) is 0 Å². The molecule has 0 N–H and O–H groups in total. The van der Waals surface area contributed by atoms with Gasteiger partial charge in [-0.05, 0) is 5.92 Å². The molecule has 6 heteroatoms. The SMILES string of the molecule is COC(=O)C[C@H](CC(C)C)[N+](=O)[O-].[H-].[Na+]. The van der Waals surface area contributed by atoms with Gasteiger partial charge in [-0.1, -0.05) is 13.8 Å². The van der Waals surface area contributed by atoms with E-state index in [1.807, 2.05) is 13.8 Å². The van der Waals surface area contributed by atoms with Crippen molar-refractivity contribution in [1.29, 1.82) is 0 Å². The van der Waals surface area contributed by atoms with Crippen LogP contribution in [0.15, 0.2) is 0 Å². The van der Waals surface area contributed by atoms with Crippen LogP contribution in [0.3, 0.4) is 0 Å². The van der Waals surface area contributed by atoms with Crippen molar-refractivity contribution in [1.82, 2.24) is 0 Å². The first kappa shape index (κ1) is 16.3. The minimum atomic E-state index is -0.813. The van der Waals surface area contributed by atoms with E-state index in [2.05, 4.69) is 4.74 Å². The first-order valence-electron chi connectivity index (χ1n) is 4.17. The molecule has 0 unspecified atom stereocenters. The Hall–Kier alpha value is -0.130. The molecule has 0 bridgehead atoms. The maximum absolute atomic E-state index is 10.8. The number of ether oxygens (including phenoxy) is 1. The molecule has 0 rings (SSSR count). The van der Waals surface area contributed by atoms with Crippen LogP contribution < -0.4 is 29.6 Å². The van der Waals surface area contributed by atoms with Gasteiger partial charge in [-0.2, -0.15) is 0 Å². The van der Waals surface area contributed by atoms with E-state index >= 15 is 0 Å². The van der Waals surface area contributed by atoms with Gasteiger partial charge < -0.3 is 6.16 Å². The van der Waals surface area contributed by atoms with E-state index in [0.29, 0.717) is 6.42 Å². The van der Waals surface area contributed by atoms with Crippen molar-refractivity contribution in [3.8, 4) is 0 Å². The van der Waals surface area contributed by atoms with Crippen molar-refractivity contribution in [2.75, 3.05) is 7.11 Å². The second kappa shape index (κ2) is 8.20. The molecule has 0 radical (unpaired) electrons. The molecule has 5 nitrogen and oxygen atoms in total. The molecule has 0 saturated heterocycles. The molecule has 0 aromatic rings. The third-order valence-corrected chi connectivity index (χ3v) is 1.67. The Morgan fingerprint density at radius 2 is 2.07 bits per heavy atom. The molecule has 14 heavy (non-hydrogen) atoms. The van der Waals surface area contributed by atoms with Gasteiger partial charge in [0, 0.05) is 11.3 Å². The fraction of sp³-hybridized carbons (Fsp3) is 0.875. The first-order valence-corrected chi connectivity index (χ1v) is 4.17. The summed E-state index contributed by atoms with van der Waals surface area (Å²) < 4.78 is 4.37. The van der Waals surface area contributed by atoms with Crippen LogP contribution in [-0.4, -0.2) is 24.0 Å². The molecule has 0 aromatic heterocycles. The van der Waals surface area contributed by atoms with Gasteiger partial charge in [0.1, 0.15) is 6.42 Å². The van der Waals surface area contributed by atoms with Gasteiger partial charge in [0.05, 0.1) is 7.11 Å². The van der Waals surface area contributed by atoms with Crippen molar-refractivity contribution in [2.45, 2.75) is 32.7 Å². The number of methoxy groups -OCH3 is 1. The van der Waals surface area contributed by atoms with Crippen molar-refractivity contribution in [2.24, 2.45) is 5.92 Å². The number of carbonyl (C=O) groups is 1. The van der Waals surface area contributed by atoms with Gasteiger partial charge in [-0.15, -0.1) is 0 Å². The van der Waals surface area contributed by atoms with Crippen LogP contribution in [0.5, 0.6) is 0 Å². The smallest absolute Gasteiger partial charge is 1.00 e. The number of rotatable bonds is 5. The van der Waals surface area contributed by atoms with Crippen molar-refractivity contribution < 1.29 is 45.4 Å². The second-order valence-corrected chi connectivity index (χ2v) is 3.35. The topological polar surface area (TPSA) is 69.4 Å². The quantitative estimate of drug-likeness (QED) is 0.238. The number of esters is 1. The molecular formula is C8H16NNaO4. The molecule has 1 atom stereocenters. The number of hydrogen-bond donors (Lipinski definition) is 0. The fourth-order valence-electron chi connectivity index (χ4n) is 1.06. The summed E-state index contributed by atoms with van der Waals surface area (Å²) in [6.07, 6.45) is 0.268. The number of nitrogens with zero attached hydrogens (tertiary/aromatic N) is 1. The Kier molecular flexibility index (Phi) is 9.55. The Morgan fingerprint density at radius 1 is 1.57 bits per heavy atom. The van der Waals surface area contributed by atoms with Crippen LogP contribution in [0.4, 0.5) is 0 Å². The number of carbonyl (C=O) groups excluding carboxylic acids is 1. The summed E-state index contributed by atoms with van der Waals surface area (Å²) in [7, 11) is 1.23. The van der Waals surface area contributed by atoms with Crippen LogP contribution in [0.2, 0.25) is 0 Å². The van der Waals surface area contributed by atoms with Gasteiger partial charge in [-0.3, -0.25) is 14.9 Å². The standard InChI is InChI=1S/C8H15NO4.Na.H/c1-6(2)4-7(9(11)12)5-8(10)13-3;;/h6-7H,4-5H2,1-3H3;;/q;+1;-1/t7-;;/m0../s1. The summed E-state index contributed by atoms with van der Waals surface area (Å²) >= 11 is 0. The van der Waals surface area contributed by atoms with Gasteiger partial charge >= 0.3 is 35.5 Å². The van der Waals surface area contributed by atoms with Gasteiger partial charge in [0.15, 0.2) is 0 Å². The van der Waals surface area contributed by atoms with E-state index in [-0.39, 0.29) is 43.3 Å². The molecule has 0 heterocycles. The molecule has 0 spiro atoms. The Balaban J connectivity index is -0.000000720. The zero-order valence-electron chi connectivity index (χ0n) is 10.1. The zero-order chi connectivity index (χ0) is 10.4. The molecule has 0 amide bonds. The third kappa shape index (κ3) is 7.29. The molecule has 0 saturated carbocycles. The Morgan fingerprint density at radius 3 is 2.36 bits per heavy atom. The molecule has 0 aromatic carbocycles. The molecule has 78 valence electrons. The average Bonchev–Trinajstić information content (AvgIpc) is 2.02. The van der Waals surface area contributed by atoms with Crippen LogP contribution in [0, 0.1) is 16.0 Å². The molecular weight excluding hydrogens is 197 g/mol. The minimum absolute atomic E-state index is 0. The Labute approximate surface area is 107 Å². The maximum atomic E-state index is 10.8. The van der Waals surface area contributed by atoms with Crippen molar-refractivity contribution >= 4 is 5.97 Å². The van der Waals surface area contributed by atoms with Crippen LogP contribution in [0.25, 0.3) is 0 Å². The number of nitro groups is 1. The normalized spacial score (nSPS) is 11.7. The van der Waals surface area contributed by atoms with Crippen molar-refractivity contribution in [3.05, 3.63) is 10.1 Å². The summed E-state index contributed by atoms with van der Waals surface area (Å²) in [6.45, 7) is 3.77. The second-order valence-electron chi connectivity index (χ2n) is 3.35. The minimum Gasteiger partial charge on any atom is -1.00 e. The van der Waals surface area contributed by atoms with E-state index in [1.165, 1.54) is 7.11 Å². The van der Waals surface area contributed by atoms with Crippen LogP contribution in [0.1, 0.15) is 28.1 Å². The molecule has 0 fully saturated rings. The van der Waals surface area contributed by atoms with E-state index in [9.17, 15) is 14.9 Å². The van der Waals surface area contributed by atoms with Gasteiger partial charge in [0.25, 0.3) is 0 Å². The van der Waals surface area contributed by atoms with Crippen LogP contribution >= 0.6 is 0 Å². The summed E-state index contributed by atoms with van der Waals surface area (Å²) in [5.41, 5.74) is 0. The Bertz CT molecular complexity index is 201. The maximum Gasteiger partial charge on any atom is 1.00 e. The number of hydrogen-bond acceptors (Lipinski definition) is 4. The van der Waals surface area contributed by atoms with E-state index in [4.69, 9.17) is 0 Å². The van der Waals surface area contributed by atoms with Crippen LogP contribution in [-0.2, 0) is 9.53 Å². The summed E-state index contributed by atoms with van der Waals surface area (Å²) in [4.78, 5) is 20.8. The fourth-order valence-corrected chi connectivity index (χ4v) is 1.06. The predicted molar refractivity (Wildman–Crippen MR) is 48.0 cm³/mol. The molecule has 0 aliphatic carbocycles. The monoisotopic (exact) mass is 213 g/mol. The third-order valence-electron chi connectivity index (χ3n) is 1.67.